The van der Waals surface area contributed by atoms with Crippen LogP contribution in [-0.4, -0.2) is 18.9 Å². The van der Waals surface area contributed by atoms with E-state index in [1.165, 1.54) is 6.07 Å². The zero-order valence-electron chi connectivity index (χ0n) is 7.46. The van der Waals surface area contributed by atoms with Gasteiger partial charge in [0.15, 0.2) is 5.78 Å². The molecule has 1 aliphatic rings. The molecule has 4 heteroatoms. The summed E-state index contributed by atoms with van der Waals surface area (Å²) in [5.41, 5.74) is 0.775. The van der Waals surface area contributed by atoms with Crippen molar-refractivity contribution < 1.29 is 9.18 Å². The Morgan fingerprint density at radius 3 is 2.79 bits per heavy atom. The summed E-state index contributed by atoms with van der Waals surface area (Å²) in [5.74, 6) is -0.0739. The number of benzene rings is 1. The minimum atomic E-state index is -0.290. The molecule has 1 aromatic rings. The van der Waals surface area contributed by atoms with Crippen LogP contribution in [-0.2, 0) is 4.79 Å². The molecule has 1 aromatic carbocycles. The number of Topliss-reactive ketones (excluding diaryl/α,β-unsaturated/α-hetero) is 1. The van der Waals surface area contributed by atoms with E-state index in [0.29, 0.717) is 24.0 Å². The van der Waals surface area contributed by atoms with E-state index >= 15 is 0 Å². The fourth-order valence-corrected chi connectivity index (χ4v) is 1.78. The second kappa shape index (κ2) is 3.69. The highest BCUT2D eigenvalue weighted by Crippen LogP contribution is 2.24. The van der Waals surface area contributed by atoms with Gasteiger partial charge in [0.25, 0.3) is 0 Å². The normalized spacial score (nSPS) is 16.4. The summed E-state index contributed by atoms with van der Waals surface area (Å²) < 4.78 is 13.6. The first-order chi connectivity index (χ1) is 6.66. The Morgan fingerprint density at radius 1 is 1.43 bits per heavy atom. The van der Waals surface area contributed by atoms with E-state index in [4.69, 9.17) is 0 Å². The van der Waals surface area contributed by atoms with Crippen molar-refractivity contribution in [2.24, 2.45) is 0 Å². The Labute approximate surface area is 89.8 Å². The smallest absolute Gasteiger partial charge is 0.153 e. The monoisotopic (exact) mass is 257 g/mol. The topological polar surface area (TPSA) is 20.3 Å². The summed E-state index contributed by atoms with van der Waals surface area (Å²) in [6.45, 7) is 1.10. The maximum Gasteiger partial charge on any atom is 0.153 e. The molecular weight excluding hydrogens is 249 g/mol. The van der Waals surface area contributed by atoms with Gasteiger partial charge in [-0.05, 0) is 34.1 Å². The lowest BCUT2D eigenvalue weighted by atomic mass is 10.3. The molecule has 0 bridgehead atoms. The molecule has 0 N–H and O–H groups in total. The van der Waals surface area contributed by atoms with Crippen LogP contribution in [0.2, 0.25) is 0 Å². The lowest BCUT2D eigenvalue weighted by Crippen LogP contribution is -2.19. The lowest BCUT2D eigenvalue weighted by Gasteiger charge is -2.16. The van der Waals surface area contributed by atoms with Gasteiger partial charge in [-0.25, -0.2) is 4.39 Å². The van der Waals surface area contributed by atoms with E-state index in [9.17, 15) is 9.18 Å². The van der Waals surface area contributed by atoms with Crippen molar-refractivity contribution in [2.45, 2.75) is 6.42 Å². The number of hydrogen-bond acceptors (Lipinski definition) is 2. The number of rotatable bonds is 1. The van der Waals surface area contributed by atoms with Crippen LogP contribution in [0.15, 0.2) is 22.7 Å². The van der Waals surface area contributed by atoms with Crippen molar-refractivity contribution in [3.63, 3.8) is 0 Å². The Kier molecular flexibility index (Phi) is 2.54. The number of anilines is 1. The van der Waals surface area contributed by atoms with Crippen LogP contribution in [0.25, 0.3) is 0 Å². The Balaban J connectivity index is 2.24. The maximum absolute atomic E-state index is 13.2. The molecular formula is C10H9BrFNO. The molecule has 0 spiro atoms. The fourth-order valence-electron chi connectivity index (χ4n) is 1.53. The van der Waals surface area contributed by atoms with Crippen molar-refractivity contribution in [2.75, 3.05) is 18.0 Å². The summed E-state index contributed by atoms with van der Waals surface area (Å²) in [7, 11) is 0. The highest BCUT2D eigenvalue weighted by Gasteiger charge is 2.19. The van der Waals surface area contributed by atoms with Gasteiger partial charge in [-0.15, -0.1) is 0 Å². The van der Waals surface area contributed by atoms with Crippen molar-refractivity contribution in [1.29, 1.82) is 0 Å². The van der Waals surface area contributed by atoms with Crippen LogP contribution in [0.1, 0.15) is 6.42 Å². The SMILES string of the molecule is O=C1CCN(c2ccc(Br)c(F)c2)C1. The Morgan fingerprint density at radius 2 is 2.21 bits per heavy atom. The number of hydrogen-bond donors (Lipinski definition) is 0. The largest absolute Gasteiger partial charge is 0.364 e. The Hall–Kier alpha value is -0.900. The molecule has 0 unspecified atom stereocenters. The van der Waals surface area contributed by atoms with Gasteiger partial charge in [0.2, 0.25) is 0 Å². The number of halogens is 2. The number of carbonyl (C=O) groups excluding carboxylic acids is 1. The van der Waals surface area contributed by atoms with Crippen LogP contribution in [0.3, 0.4) is 0 Å². The third-order valence-electron chi connectivity index (χ3n) is 2.30. The minimum Gasteiger partial charge on any atom is -0.364 e. The van der Waals surface area contributed by atoms with Gasteiger partial charge >= 0.3 is 0 Å². The third-order valence-corrected chi connectivity index (χ3v) is 2.94. The summed E-state index contributed by atoms with van der Waals surface area (Å²) in [4.78, 5) is 12.9. The molecule has 14 heavy (non-hydrogen) atoms. The van der Waals surface area contributed by atoms with Gasteiger partial charge < -0.3 is 4.90 Å². The zero-order chi connectivity index (χ0) is 10.1. The minimum absolute atomic E-state index is 0.216. The molecule has 1 saturated heterocycles. The second-order valence-corrected chi connectivity index (χ2v) is 4.16. The molecule has 74 valence electrons. The molecule has 1 heterocycles. The molecule has 2 rings (SSSR count). The summed E-state index contributed by atoms with van der Waals surface area (Å²) >= 11 is 3.09. The van der Waals surface area contributed by atoms with Crippen molar-refractivity contribution in [3.05, 3.63) is 28.5 Å². The first-order valence-electron chi connectivity index (χ1n) is 4.38. The molecule has 1 fully saturated rings. The first kappa shape index (κ1) is 9.65. The molecule has 0 atom stereocenters. The van der Waals surface area contributed by atoms with Crippen LogP contribution in [0, 0.1) is 5.82 Å². The predicted molar refractivity (Wildman–Crippen MR) is 55.9 cm³/mol. The second-order valence-electron chi connectivity index (χ2n) is 3.31. The van der Waals surface area contributed by atoms with E-state index < -0.39 is 0 Å². The van der Waals surface area contributed by atoms with E-state index in [2.05, 4.69) is 15.9 Å². The molecule has 0 aromatic heterocycles. The van der Waals surface area contributed by atoms with Crippen LogP contribution >= 0.6 is 15.9 Å². The molecule has 0 aliphatic carbocycles. The fraction of sp³-hybridized carbons (Fsp3) is 0.300. The van der Waals surface area contributed by atoms with Gasteiger partial charge in [-0.2, -0.15) is 0 Å². The van der Waals surface area contributed by atoms with Gasteiger partial charge in [-0.1, -0.05) is 0 Å². The maximum atomic E-state index is 13.2. The first-order valence-corrected chi connectivity index (χ1v) is 5.18. The molecule has 2 nitrogen and oxygen atoms in total. The molecule has 0 saturated carbocycles. The highest BCUT2D eigenvalue weighted by molar-refractivity contribution is 9.10. The van der Waals surface area contributed by atoms with Crippen LogP contribution in [0.4, 0.5) is 10.1 Å². The zero-order valence-corrected chi connectivity index (χ0v) is 9.05. The van der Waals surface area contributed by atoms with Crippen molar-refractivity contribution in [1.82, 2.24) is 0 Å². The highest BCUT2D eigenvalue weighted by atomic mass is 79.9. The van der Waals surface area contributed by atoms with Crippen molar-refractivity contribution in [3.8, 4) is 0 Å². The summed E-state index contributed by atoms with van der Waals surface area (Å²) in [6.07, 6.45) is 0.567. The summed E-state index contributed by atoms with van der Waals surface area (Å²) in [6, 6.07) is 4.92. The van der Waals surface area contributed by atoms with Crippen LogP contribution in [0.5, 0.6) is 0 Å². The van der Waals surface area contributed by atoms with Gasteiger partial charge in [0.1, 0.15) is 5.82 Å². The van der Waals surface area contributed by atoms with Crippen molar-refractivity contribution >= 4 is 27.4 Å². The average molecular weight is 258 g/mol. The van der Waals surface area contributed by atoms with E-state index in [1.54, 1.807) is 6.07 Å². The summed E-state index contributed by atoms with van der Waals surface area (Å²) in [5, 5.41) is 0. The van der Waals surface area contributed by atoms with E-state index in [1.807, 2.05) is 11.0 Å². The average Bonchev–Trinajstić information content (AvgIpc) is 2.57. The quantitative estimate of drug-likeness (QED) is 0.770. The number of nitrogens with zero attached hydrogens (tertiary/aromatic N) is 1. The predicted octanol–water partition coefficient (Wildman–Crippen LogP) is 2.37. The van der Waals surface area contributed by atoms with E-state index in [-0.39, 0.29) is 11.6 Å². The number of ketones is 1. The lowest BCUT2D eigenvalue weighted by molar-refractivity contribution is -0.116. The molecule has 1 aliphatic heterocycles. The van der Waals surface area contributed by atoms with Gasteiger partial charge in [-0.3, -0.25) is 4.79 Å². The van der Waals surface area contributed by atoms with Crippen LogP contribution < -0.4 is 4.90 Å². The molecule has 0 radical (unpaired) electrons. The standard InChI is InChI=1S/C10H9BrFNO/c11-9-2-1-7(5-10(9)12)13-4-3-8(14)6-13/h1-2,5H,3-4,6H2. The van der Waals surface area contributed by atoms with Gasteiger partial charge in [0.05, 0.1) is 11.0 Å². The van der Waals surface area contributed by atoms with E-state index in [0.717, 1.165) is 5.69 Å². The molecule has 0 amide bonds. The third kappa shape index (κ3) is 1.80. The Bertz CT molecular complexity index is 380. The number of carbonyl (C=O) groups is 1. The van der Waals surface area contributed by atoms with Gasteiger partial charge in [0, 0.05) is 18.7 Å².